The summed E-state index contributed by atoms with van der Waals surface area (Å²) in [5.41, 5.74) is 1.35. The Morgan fingerprint density at radius 1 is 1.04 bits per heavy atom. The maximum atomic E-state index is 13.0. The summed E-state index contributed by atoms with van der Waals surface area (Å²) >= 11 is -2.62. The van der Waals surface area contributed by atoms with Gasteiger partial charge in [0.05, 0.1) is 6.54 Å². The molecule has 0 aliphatic heterocycles. The average Bonchev–Trinajstić information content (AvgIpc) is 2.91. The highest BCUT2D eigenvalue weighted by atomic mass is 32.2. The van der Waals surface area contributed by atoms with E-state index in [1.807, 2.05) is 0 Å². The van der Waals surface area contributed by atoms with Gasteiger partial charge in [-0.05, 0) is 35.4 Å². The van der Waals surface area contributed by atoms with Crippen molar-refractivity contribution in [2.45, 2.75) is 6.54 Å². The number of aromatic amines is 2. The van der Waals surface area contributed by atoms with Gasteiger partial charge in [0.1, 0.15) is 11.5 Å². The van der Waals surface area contributed by atoms with Crippen molar-refractivity contribution in [3.63, 3.8) is 0 Å². The highest BCUT2D eigenvalue weighted by Crippen LogP contribution is 2.25. The molecule has 1 aromatic heterocycles. The third-order valence-corrected chi connectivity index (χ3v) is 4.30. The number of anilines is 1. The van der Waals surface area contributed by atoms with Crippen molar-refractivity contribution in [2.75, 3.05) is 4.31 Å². The molecular weight excluding hydrogens is 349 g/mol. The van der Waals surface area contributed by atoms with E-state index in [0.29, 0.717) is 5.69 Å². The van der Waals surface area contributed by atoms with E-state index < -0.39 is 22.8 Å². The van der Waals surface area contributed by atoms with Crippen LogP contribution in [0.2, 0.25) is 0 Å². The second-order valence-corrected chi connectivity index (χ2v) is 6.09. The summed E-state index contributed by atoms with van der Waals surface area (Å²) in [4.78, 5) is 15.6. The van der Waals surface area contributed by atoms with Crippen molar-refractivity contribution in [2.24, 2.45) is 0 Å². The molecule has 1 unspecified atom stereocenters. The van der Waals surface area contributed by atoms with Crippen LogP contribution in [0.25, 0.3) is 11.1 Å². The molecule has 0 aliphatic rings. The Labute approximate surface area is 144 Å². The summed E-state index contributed by atoms with van der Waals surface area (Å²) in [7, 11) is 0. The van der Waals surface area contributed by atoms with Crippen molar-refractivity contribution in [3.8, 4) is 17.0 Å². The maximum Gasteiger partial charge on any atom is 0.326 e. The SMILES string of the molecule is O=c1[nH]c(O)c(CN(c2ccc(-c3ccc(F)cc3)cc2)S(=O)[O-])[nH]1. The quantitative estimate of drug-likeness (QED) is 0.603. The molecule has 3 aromatic rings. The van der Waals surface area contributed by atoms with Crippen LogP contribution in [0.1, 0.15) is 5.69 Å². The Morgan fingerprint density at radius 2 is 1.60 bits per heavy atom. The fourth-order valence-corrected chi connectivity index (χ4v) is 2.89. The summed E-state index contributed by atoms with van der Waals surface area (Å²) in [6.07, 6.45) is 0. The monoisotopic (exact) mass is 362 g/mol. The van der Waals surface area contributed by atoms with E-state index in [-0.39, 0.29) is 18.1 Å². The molecule has 0 fully saturated rings. The van der Waals surface area contributed by atoms with E-state index in [4.69, 9.17) is 0 Å². The molecule has 0 spiro atoms. The number of aromatic hydroxyl groups is 1. The van der Waals surface area contributed by atoms with Crippen LogP contribution in [-0.2, 0) is 17.8 Å². The lowest BCUT2D eigenvalue weighted by Crippen LogP contribution is -2.25. The summed E-state index contributed by atoms with van der Waals surface area (Å²) < 4.78 is 37.0. The highest BCUT2D eigenvalue weighted by molar-refractivity contribution is 7.80. The molecule has 25 heavy (non-hydrogen) atoms. The third kappa shape index (κ3) is 3.78. The number of rotatable bonds is 5. The number of nitrogens with zero attached hydrogens (tertiary/aromatic N) is 1. The van der Waals surface area contributed by atoms with Gasteiger partial charge in [-0.1, -0.05) is 24.3 Å². The van der Waals surface area contributed by atoms with E-state index in [2.05, 4.69) is 9.97 Å². The summed E-state index contributed by atoms with van der Waals surface area (Å²) in [5.74, 6) is -0.753. The van der Waals surface area contributed by atoms with E-state index in [9.17, 15) is 23.1 Å². The Bertz CT molecular complexity index is 951. The summed E-state index contributed by atoms with van der Waals surface area (Å²) in [5, 5.41) is 9.58. The zero-order valence-electron chi connectivity index (χ0n) is 12.7. The standard InChI is InChI=1S/C16H14FN3O4S/c17-12-5-1-10(2-6-12)11-3-7-13(8-4-11)20(25(23)24)9-14-15(21)19-16(22)18-14/h1-8,21H,9H2,(H,23,24)(H2,18,19,22)/p-1. The van der Waals surface area contributed by atoms with Crippen molar-refractivity contribution < 1.29 is 18.3 Å². The Kier molecular flexibility index (Phi) is 4.68. The molecule has 0 saturated carbocycles. The predicted molar refractivity (Wildman–Crippen MR) is 90.0 cm³/mol. The summed E-state index contributed by atoms with van der Waals surface area (Å²) in [6.45, 7) is -0.240. The molecule has 0 aliphatic carbocycles. The number of nitrogens with one attached hydrogen (secondary N) is 2. The lowest BCUT2D eigenvalue weighted by Gasteiger charge is -2.26. The van der Waals surface area contributed by atoms with E-state index in [1.165, 1.54) is 12.1 Å². The molecule has 1 heterocycles. The van der Waals surface area contributed by atoms with Gasteiger partial charge in [0.2, 0.25) is 5.88 Å². The van der Waals surface area contributed by atoms with Gasteiger partial charge in [-0.3, -0.25) is 13.5 Å². The first-order valence-corrected chi connectivity index (χ1v) is 8.20. The minimum Gasteiger partial charge on any atom is -0.755 e. The second kappa shape index (κ2) is 6.91. The van der Waals surface area contributed by atoms with Crippen LogP contribution in [-0.4, -0.2) is 23.8 Å². The molecule has 9 heteroatoms. The summed E-state index contributed by atoms with van der Waals surface area (Å²) in [6, 6.07) is 12.5. The number of aromatic nitrogens is 2. The molecule has 0 radical (unpaired) electrons. The first kappa shape index (κ1) is 16.9. The fraction of sp³-hybridized carbons (Fsp3) is 0.0625. The minimum absolute atomic E-state index is 0.0526. The number of imidazole rings is 1. The van der Waals surface area contributed by atoms with Gasteiger partial charge in [0, 0.05) is 17.0 Å². The molecule has 130 valence electrons. The number of hydrogen-bond acceptors (Lipinski definition) is 4. The number of H-pyrrole nitrogens is 2. The fourth-order valence-electron chi connectivity index (χ4n) is 2.36. The lowest BCUT2D eigenvalue weighted by molar-refractivity contribution is 0.448. The van der Waals surface area contributed by atoms with Crippen LogP contribution in [0.3, 0.4) is 0 Å². The van der Waals surface area contributed by atoms with Crippen LogP contribution in [0.4, 0.5) is 10.1 Å². The molecule has 2 aromatic carbocycles. The van der Waals surface area contributed by atoms with E-state index in [1.54, 1.807) is 36.4 Å². The van der Waals surface area contributed by atoms with Crippen molar-refractivity contribution in [1.82, 2.24) is 9.97 Å². The van der Waals surface area contributed by atoms with Gasteiger partial charge in [0.15, 0.2) is 0 Å². The maximum absolute atomic E-state index is 13.0. The number of benzene rings is 2. The Morgan fingerprint density at radius 3 is 2.08 bits per heavy atom. The smallest absolute Gasteiger partial charge is 0.326 e. The average molecular weight is 362 g/mol. The predicted octanol–water partition coefficient (Wildman–Crippen LogP) is 2.02. The topological polar surface area (TPSA) is 112 Å². The molecule has 3 N–H and O–H groups in total. The third-order valence-electron chi connectivity index (χ3n) is 3.60. The first-order valence-electron chi connectivity index (χ1n) is 7.17. The largest absolute Gasteiger partial charge is 0.755 e. The van der Waals surface area contributed by atoms with E-state index >= 15 is 0 Å². The van der Waals surface area contributed by atoms with Gasteiger partial charge in [-0.15, -0.1) is 0 Å². The zero-order chi connectivity index (χ0) is 18.0. The van der Waals surface area contributed by atoms with Gasteiger partial charge < -0.3 is 14.6 Å². The van der Waals surface area contributed by atoms with Crippen molar-refractivity contribution in [1.29, 1.82) is 0 Å². The number of hydrogen-bond donors (Lipinski definition) is 3. The van der Waals surface area contributed by atoms with Gasteiger partial charge >= 0.3 is 5.69 Å². The van der Waals surface area contributed by atoms with Crippen molar-refractivity contribution >= 4 is 17.0 Å². The van der Waals surface area contributed by atoms with E-state index in [0.717, 1.165) is 15.4 Å². The van der Waals surface area contributed by atoms with Crippen LogP contribution >= 0.6 is 0 Å². The van der Waals surface area contributed by atoms with Gasteiger partial charge in [-0.25, -0.2) is 9.18 Å². The van der Waals surface area contributed by atoms with Crippen LogP contribution in [0.15, 0.2) is 53.3 Å². The molecule has 3 rings (SSSR count). The first-order chi connectivity index (χ1) is 11.9. The van der Waals surface area contributed by atoms with Crippen LogP contribution in [0.5, 0.6) is 5.88 Å². The van der Waals surface area contributed by atoms with Crippen LogP contribution < -0.4 is 9.99 Å². The lowest BCUT2D eigenvalue weighted by atomic mass is 10.1. The molecular formula is C16H13FN3O4S-. The Balaban J connectivity index is 1.87. The van der Waals surface area contributed by atoms with Crippen LogP contribution in [0, 0.1) is 5.82 Å². The molecule has 0 saturated heterocycles. The molecule has 0 bridgehead atoms. The van der Waals surface area contributed by atoms with Gasteiger partial charge in [0.25, 0.3) is 0 Å². The zero-order valence-corrected chi connectivity index (χ0v) is 13.5. The molecule has 7 nitrogen and oxygen atoms in total. The van der Waals surface area contributed by atoms with Gasteiger partial charge in [-0.2, -0.15) is 0 Å². The molecule has 0 amide bonds. The second-order valence-electron chi connectivity index (χ2n) is 5.21. The highest BCUT2D eigenvalue weighted by Gasteiger charge is 2.14. The normalized spacial score (nSPS) is 12.1. The minimum atomic E-state index is -2.62. The number of halogens is 1. The Hall–Kier alpha value is -2.91. The van der Waals surface area contributed by atoms with Crippen molar-refractivity contribution in [3.05, 3.63) is 70.5 Å². The molecule has 1 atom stereocenters.